The second-order valence-electron chi connectivity index (χ2n) is 4.67. The van der Waals surface area contributed by atoms with E-state index in [-0.39, 0.29) is 11.7 Å². The second kappa shape index (κ2) is 5.71. The number of nitrogens with two attached hydrogens (primary N) is 1. The summed E-state index contributed by atoms with van der Waals surface area (Å²) in [5.41, 5.74) is 7.46. The molecule has 2 aromatic carbocycles. The first kappa shape index (κ1) is 14.0. The lowest BCUT2D eigenvalue weighted by Gasteiger charge is -2.09. The van der Waals surface area contributed by atoms with Gasteiger partial charge in [-0.15, -0.1) is 0 Å². The van der Waals surface area contributed by atoms with E-state index in [0.29, 0.717) is 17.1 Å². The topological polar surface area (TPSA) is 78.4 Å². The SMILES string of the molecule is Cc1cc(Oc2ccc(C(C)N)cc2)ccc1[N+](=O)[O-]. The molecular formula is C15H16N2O3. The lowest BCUT2D eigenvalue weighted by atomic mass is 10.1. The third-order valence-electron chi connectivity index (χ3n) is 3.01. The van der Waals surface area contributed by atoms with Gasteiger partial charge in [0.25, 0.3) is 5.69 Å². The van der Waals surface area contributed by atoms with Crippen LogP contribution >= 0.6 is 0 Å². The molecule has 0 spiro atoms. The summed E-state index contributed by atoms with van der Waals surface area (Å²) in [4.78, 5) is 10.3. The van der Waals surface area contributed by atoms with E-state index < -0.39 is 4.92 Å². The Balaban J connectivity index is 2.17. The van der Waals surface area contributed by atoms with Crippen molar-refractivity contribution >= 4 is 5.69 Å². The zero-order valence-corrected chi connectivity index (χ0v) is 11.4. The minimum absolute atomic E-state index is 0.0225. The van der Waals surface area contributed by atoms with Gasteiger partial charge in [-0.1, -0.05) is 12.1 Å². The van der Waals surface area contributed by atoms with Crippen LogP contribution in [0.3, 0.4) is 0 Å². The summed E-state index contributed by atoms with van der Waals surface area (Å²) in [6.45, 7) is 3.60. The van der Waals surface area contributed by atoms with E-state index in [1.54, 1.807) is 19.1 Å². The summed E-state index contributed by atoms with van der Waals surface area (Å²) in [6.07, 6.45) is 0. The molecular weight excluding hydrogens is 256 g/mol. The monoisotopic (exact) mass is 272 g/mol. The van der Waals surface area contributed by atoms with E-state index in [4.69, 9.17) is 10.5 Å². The van der Waals surface area contributed by atoms with Gasteiger partial charge in [-0.2, -0.15) is 0 Å². The Morgan fingerprint density at radius 1 is 1.15 bits per heavy atom. The Morgan fingerprint density at radius 2 is 1.75 bits per heavy atom. The third kappa shape index (κ3) is 3.13. The van der Waals surface area contributed by atoms with Crippen molar-refractivity contribution in [3.05, 3.63) is 63.7 Å². The molecule has 104 valence electrons. The van der Waals surface area contributed by atoms with E-state index in [2.05, 4.69) is 0 Å². The lowest BCUT2D eigenvalue weighted by Crippen LogP contribution is -2.04. The van der Waals surface area contributed by atoms with Crippen molar-refractivity contribution in [3.8, 4) is 11.5 Å². The van der Waals surface area contributed by atoms with Crippen molar-refractivity contribution in [2.45, 2.75) is 19.9 Å². The van der Waals surface area contributed by atoms with Crippen LogP contribution in [0.1, 0.15) is 24.1 Å². The standard InChI is InChI=1S/C15H16N2O3/c1-10-9-14(7-8-15(10)17(18)19)20-13-5-3-12(4-6-13)11(2)16/h3-9,11H,16H2,1-2H3. The van der Waals surface area contributed by atoms with Gasteiger partial charge in [0.15, 0.2) is 0 Å². The first-order valence-corrected chi connectivity index (χ1v) is 6.26. The highest BCUT2D eigenvalue weighted by molar-refractivity contribution is 5.45. The van der Waals surface area contributed by atoms with Gasteiger partial charge >= 0.3 is 0 Å². The number of rotatable bonds is 4. The smallest absolute Gasteiger partial charge is 0.272 e. The molecule has 0 amide bonds. The Kier molecular flexibility index (Phi) is 4.00. The summed E-state index contributed by atoms with van der Waals surface area (Å²) < 4.78 is 5.67. The first-order chi connectivity index (χ1) is 9.47. The number of hydrogen-bond acceptors (Lipinski definition) is 4. The molecule has 0 saturated heterocycles. The maximum atomic E-state index is 10.7. The Morgan fingerprint density at radius 3 is 2.25 bits per heavy atom. The molecule has 0 heterocycles. The highest BCUT2D eigenvalue weighted by Crippen LogP contribution is 2.27. The number of nitro groups is 1. The highest BCUT2D eigenvalue weighted by atomic mass is 16.6. The predicted octanol–water partition coefficient (Wildman–Crippen LogP) is 3.72. The highest BCUT2D eigenvalue weighted by Gasteiger charge is 2.11. The fourth-order valence-corrected chi connectivity index (χ4v) is 1.87. The Hall–Kier alpha value is -2.40. The molecule has 2 aromatic rings. The van der Waals surface area contributed by atoms with Gasteiger partial charge in [-0.25, -0.2) is 0 Å². The van der Waals surface area contributed by atoms with Crippen LogP contribution in [0.25, 0.3) is 0 Å². The summed E-state index contributed by atoms with van der Waals surface area (Å²) in [5.74, 6) is 1.24. The molecule has 0 aliphatic carbocycles. The van der Waals surface area contributed by atoms with E-state index in [1.165, 1.54) is 6.07 Å². The molecule has 5 heteroatoms. The minimum atomic E-state index is -0.406. The normalized spacial score (nSPS) is 11.9. The first-order valence-electron chi connectivity index (χ1n) is 6.26. The Bertz CT molecular complexity index is 622. The third-order valence-corrected chi connectivity index (χ3v) is 3.01. The van der Waals surface area contributed by atoms with Crippen molar-refractivity contribution in [2.75, 3.05) is 0 Å². The molecule has 1 atom stereocenters. The summed E-state index contributed by atoms with van der Waals surface area (Å²) in [6, 6.07) is 12.1. The van der Waals surface area contributed by atoms with Crippen LogP contribution in [0.4, 0.5) is 5.69 Å². The summed E-state index contributed by atoms with van der Waals surface area (Å²) in [7, 11) is 0. The van der Waals surface area contributed by atoms with Crippen LogP contribution in [0.15, 0.2) is 42.5 Å². The van der Waals surface area contributed by atoms with E-state index in [9.17, 15) is 10.1 Å². The van der Waals surface area contributed by atoms with E-state index in [1.807, 2.05) is 31.2 Å². The number of hydrogen-bond donors (Lipinski definition) is 1. The number of aryl methyl sites for hydroxylation is 1. The molecule has 0 bridgehead atoms. The van der Waals surface area contributed by atoms with Gasteiger partial charge in [-0.3, -0.25) is 10.1 Å². The van der Waals surface area contributed by atoms with Crippen molar-refractivity contribution in [1.82, 2.24) is 0 Å². The maximum Gasteiger partial charge on any atom is 0.272 e. The molecule has 2 N–H and O–H groups in total. The van der Waals surface area contributed by atoms with Gasteiger partial charge in [0.2, 0.25) is 0 Å². The van der Waals surface area contributed by atoms with Gasteiger partial charge in [-0.05, 0) is 43.7 Å². The lowest BCUT2D eigenvalue weighted by molar-refractivity contribution is -0.385. The summed E-state index contributed by atoms with van der Waals surface area (Å²) in [5, 5.41) is 10.7. The van der Waals surface area contributed by atoms with Crippen molar-refractivity contribution < 1.29 is 9.66 Å². The maximum absolute atomic E-state index is 10.7. The molecule has 0 radical (unpaired) electrons. The average Bonchev–Trinajstić information content (AvgIpc) is 2.39. The summed E-state index contributed by atoms with van der Waals surface area (Å²) >= 11 is 0. The molecule has 5 nitrogen and oxygen atoms in total. The number of nitro benzene ring substituents is 1. The largest absolute Gasteiger partial charge is 0.457 e. The molecule has 0 aromatic heterocycles. The van der Waals surface area contributed by atoms with Crippen LogP contribution in [-0.4, -0.2) is 4.92 Å². The van der Waals surface area contributed by atoms with Crippen molar-refractivity contribution in [2.24, 2.45) is 5.73 Å². The van der Waals surface area contributed by atoms with Crippen molar-refractivity contribution in [1.29, 1.82) is 0 Å². The second-order valence-corrected chi connectivity index (χ2v) is 4.67. The quantitative estimate of drug-likeness (QED) is 0.679. The number of ether oxygens (including phenoxy) is 1. The van der Waals surface area contributed by atoms with Gasteiger partial charge in [0, 0.05) is 17.7 Å². The minimum Gasteiger partial charge on any atom is -0.457 e. The van der Waals surface area contributed by atoms with E-state index in [0.717, 1.165) is 5.56 Å². The molecule has 0 aliphatic heterocycles. The van der Waals surface area contributed by atoms with Gasteiger partial charge in [0.05, 0.1) is 4.92 Å². The van der Waals surface area contributed by atoms with Crippen LogP contribution in [0.2, 0.25) is 0 Å². The predicted molar refractivity (Wildman–Crippen MR) is 77.0 cm³/mol. The molecule has 0 fully saturated rings. The van der Waals surface area contributed by atoms with Crippen LogP contribution < -0.4 is 10.5 Å². The zero-order valence-electron chi connectivity index (χ0n) is 11.4. The Labute approximate surface area is 117 Å². The van der Waals surface area contributed by atoms with Crippen molar-refractivity contribution in [3.63, 3.8) is 0 Å². The average molecular weight is 272 g/mol. The number of nitrogens with zero attached hydrogens (tertiary/aromatic N) is 1. The fourth-order valence-electron chi connectivity index (χ4n) is 1.87. The van der Waals surface area contributed by atoms with E-state index >= 15 is 0 Å². The zero-order chi connectivity index (χ0) is 14.7. The van der Waals surface area contributed by atoms with Crippen LogP contribution in [0, 0.1) is 17.0 Å². The molecule has 20 heavy (non-hydrogen) atoms. The number of benzene rings is 2. The molecule has 1 unspecified atom stereocenters. The molecule has 0 aliphatic rings. The van der Waals surface area contributed by atoms with Gasteiger partial charge in [0.1, 0.15) is 11.5 Å². The van der Waals surface area contributed by atoms with Crippen LogP contribution in [0.5, 0.6) is 11.5 Å². The fraction of sp³-hybridized carbons (Fsp3) is 0.200. The van der Waals surface area contributed by atoms with Gasteiger partial charge < -0.3 is 10.5 Å². The molecule has 0 saturated carbocycles. The molecule has 2 rings (SSSR count). The van der Waals surface area contributed by atoms with Crippen LogP contribution in [-0.2, 0) is 0 Å².